The van der Waals surface area contributed by atoms with E-state index >= 15 is 0 Å². The molecule has 4 nitrogen and oxygen atoms in total. The Kier molecular flexibility index (Phi) is 3.69. The number of pyridine rings is 1. The Morgan fingerprint density at radius 1 is 1.21 bits per heavy atom. The standard InChI is InChI=1S/C15H17NO3/c1-9(2)10(3)19-14-8-7-11-12(15(17)18)5-4-6-13(11)16-14/h4-10H,1-3H3,(H,17,18). The smallest absolute Gasteiger partial charge is 0.336 e. The molecule has 0 saturated heterocycles. The van der Waals surface area contributed by atoms with Crippen molar-refractivity contribution in [3.8, 4) is 5.88 Å². The lowest BCUT2D eigenvalue weighted by Crippen LogP contribution is -2.19. The molecule has 0 bridgehead atoms. The average molecular weight is 259 g/mol. The fourth-order valence-electron chi connectivity index (χ4n) is 1.71. The largest absolute Gasteiger partial charge is 0.478 e. The van der Waals surface area contributed by atoms with E-state index in [4.69, 9.17) is 9.84 Å². The van der Waals surface area contributed by atoms with E-state index in [1.807, 2.05) is 6.92 Å². The van der Waals surface area contributed by atoms with E-state index in [-0.39, 0.29) is 11.7 Å². The highest BCUT2D eigenvalue weighted by molar-refractivity contribution is 6.02. The zero-order valence-electron chi connectivity index (χ0n) is 11.3. The number of aromatic nitrogens is 1. The van der Waals surface area contributed by atoms with Crippen molar-refractivity contribution in [3.05, 3.63) is 35.9 Å². The third-order valence-corrected chi connectivity index (χ3v) is 3.18. The van der Waals surface area contributed by atoms with Gasteiger partial charge in [0.2, 0.25) is 5.88 Å². The van der Waals surface area contributed by atoms with E-state index in [0.29, 0.717) is 22.7 Å². The highest BCUT2D eigenvalue weighted by atomic mass is 16.5. The summed E-state index contributed by atoms with van der Waals surface area (Å²) in [6.07, 6.45) is 0.0626. The van der Waals surface area contributed by atoms with Crippen LogP contribution in [0.1, 0.15) is 31.1 Å². The molecule has 1 N–H and O–H groups in total. The molecule has 0 radical (unpaired) electrons. The first-order valence-corrected chi connectivity index (χ1v) is 6.28. The highest BCUT2D eigenvalue weighted by Crippen LogP contribution is 2.22. The summed E-state index contributed by atoms with van der Waals surface area (Å²) in [7, 11) is 0. The van der Waals surface area contributed by atoms with Crippen LogP contribution in [0.4, 0.5) is 0 Å². The van der Waals surface area contributed by atoms with E-state index in [9.17, 15) is 4.79 Å². The van der Waals surface area contributed by atoms with Crippen molar-refractivity contribution in [2.45, 2.75) is 26.9 Å². The molecule has 2 rings (SSSR count). The first-order chi connectivity index (χ1) is 8.99. The molecule has 1 unspecified atom stereocenters. The van der Waals surface area contributed by atoms with Gasteiger partial charge in [0.05, 0.1) is 17.2 Å². The molecule has 0 aliphatic carbocycles. The molecule has 1 heterocycles. The van der Waals surface area contributed by atoms with Gasteiger partial charge in [0.1, 0.15) is 0 Å². The number of nitrogens with zero attached hydrogens (tertiary/aromatic N) is 1. The molecule has 1 aromatic heterocycles. The van der Waals surface area contributed by atoms with Crippen LogP contribution < -0.4 is 4.74 Å². The Hall–Kier alpha value is -2.10. The summed E-state index contributed by atoms with van der Waals surface area (Å²) >= 11 is 0. The van der Waals surface area contributed by atoms with Crippen molar-refractivity contribution in [2.75, 3.05) is 0 Å². The summed E-state index contributed by atoms with van der Waals surface area (Å²) in [5.41, 5.74) is 0.891. The zero-order chi connectivity index (χ0) is 14.0. The molecule has 100 valence electrons. The van der Waals surface area contributed by atoms with Crippen LogP contribution in [0.5, 0.6) is 5.88 Å². The van der Waals surface area contributed by atoms with Gasteiger partial charge in [0, 0.05) is 11.5 Å². The van der Waals surface area contributed by atoms with Gasteiger partial charge in [-0.3, -0.25) is 0 Å². The summed E-state index contributed by atoms with van der Waals surface area (Å²) in [5.74, 6) is -0.0318. The van der Waals surface area contributed by atoms with Gasteiger partial charge < -0.3 is 9.84 Å². The number of aromatic carboxylic acids is 1. The van der Waals surface area contributed by atoms with Gasteiger partial charge in [0.15, 0.2) is 0 Å². The van der Waals surface area contributed by atoms with Crippen LogP contribution in [0.2, 0.25) is 0 Å². The minimum Gasteiger partial charge on any atom is -0.478 e. The Bertz CT molecular complexity index is 607. The quantitative estimate of drug-likeness (QED) is 0.914. The molecule has 19 heavy (non-hydrogen) atoms. The number of benzene rings is 1. The van der Waals surface area contributed by atoms with Crippen molar-refractivity contribution in [2.24, 2.45) is 5.92 Å². The monoisotopic (exact) mass is 259 g/mol. The molecular formula is C15H17NO3. The third-order valence-electron chi connectivity index (χ3n) is 3.18. The summed E-state index contributed by atoms with van der Waals surface area (Å²) < 4.78 is 5.73. The summed E-state index contributed by atoms with van der Waals surface area (Å²) in [4.78, 5) is 15.5. The van der Waals surface area contributed by atoms with E-state index in [0.717, 1.165) is 0 Å². The molecule has 4 heteroatoms. The molecule has 0 spiro atoms. The molecule has 2 aromatic rings. The average Bonchev–Trinajstić information content (AvgIpc) is 2.37. The van der Waals surface area contributed by atoms with Crippen LogP contribution in [-0.4, -0.2) is 22.2 Å². The summed E-state index contributed by atoms with van der Waals surface area (Å²) in [6, 6.07) is 8.51. The Balaban J connectivity index is 2.39. The minimum atomic E-state index is -0.948. The van der Waals surface area contributed by atoms with Crippen LogP contribution in [0.25, 0.3) is 10.9 Å². The van der Waals surface area contributed by atoms with E-state index in [1.165, 1.54) is 0 Å². The first kappa shape index (κ1) is 13.3. The Morgan fingerprint density at radius 2 is 1.95 bits per heavy atom. The van der Waals surface area contributed by atoms with Gasteiger partial charge >= 0.3 is 5.97 Å². The van der Waals surface area contributed by atoms with Gasteiger partial charge in [-0.25, -0.2) is 9.78 Å². The van der Waals surface area contributed by atoms with E-state index < -0.39 is 5.97 Å². The van der Waals surface area contributed by atoms with Crippen LogP contribution in [0, 0.1) is 5.92 Å². The number of carboxylic acids is 1. The van der Waals surface area contributed by atoms with E-state index in [2.05, 4.69) is 18.8 Å². The van der Waals surface area contributed by atoms with Crippen LogP contribution in [0.3, 0.4) is 0 Å². The van der Waals surface area contributed by atoms with Crippen molar-refractivity contribution in [1.82, 2.24) is 4.98 Å². The van der Waals surface area contributed by atoms with Crippen molar-refractivity contribution >= 4 is 16.9 Å². The lowest BCUT2D eigenvalue weighted by molar-refractivity contribution is 0.0699. The maximum absolute atomic E-state index is 11.1. The summed E-state index contributed by atoms with van der Waals surface area (Å²) in [5, 5.41) is 9.74. The fraction of sp³-hybridized carbons (Fsp3) is 0.333. The lowest BCUT2D eigenvalue weighted by atomic mass is 10.1. The maximum atomic E-state index is 11.1. The minimum absolute atomic E-state index is 0.0626. The second kappa shape index (κ2) is 5.26. The van der Waals surface area contributed by atoms with Crippen molar-refractivity contribution in [3.63, 3.8) is 0 Å². The molecule has 1 atom stereocenters. The fourth-order valence-corrected chi connectivity index (χ4v) is 1.71. The number of fused-ring (bicyclic) bond motifs is 1. The molecule has 1 aromatic carbocycles. The molecule has 0 aliphatic rings. The zero-order valence-corrected chi connectivity index (χ0v) is 11.3. The van der Waals surface area contributed by atoms with Gasteiger partial charge in [0.25, 0.3) is 0 Å². The Labute approximate surface area is 112 Å². The molecule has 0 saturated carbocycles. The molecular weight excluding hydrogens is 242 g/mol. The molecule has 0 amide bonds. The number of carboxylic acid groups (broad SMARTS) is 1. The third kappa shape index (κ3) is 2.84. The molecule has 0 aliphatic heterocycles. The van der Waals surface area contributed by atoms with Gasteiger partial charge in [-0.1, -0.05) is 19.9 Å². The van der Waals surface area contributed by atoms with Crippen LogP contribution in [0.15, 0.2) is 30.3 Å². The van der Waals surface area contributed by atoms with E-state index in [1.54, 1.807) is 30.3 Å². The van der Waals surface area contributed by atoms with Crippen LogP contribution in [-0.2, 0) is 0 Å². The number of rotatable bonds is 4. The van der Waals surface area contributed by atoms with Gasteiger partial charge in [-0.15, -0.1) is 0 Å². The number of ether oxygens (including phenoxy) is 1. The second-order valence-corrected chi connectivity index (χ2v) is 4.89. The maximum Gasteiger partial charge on any atom is 0.336 e. The highest BCUT2D eigenvalue weighted by Gasteiger charge is 2.12. The van der Waals surface area contributed by atoms with Gasteiger partial charge in [-0.2, -0.15) is 0 Å². The normalized spacial score (nSPS) is 12.6. The van der Waals surface area contributed by atoms with Crippen molar-refractivity contribution in [1.29, 1.82) is 0 Å². The van der Waals surface area contributed by atoms with Gasteiger partial charge in [-0.05, 0) is 31.0 Å². The Morgan fingerprint density at radius 3 is 2.58 bits per heavy atom. The summed E-state index contributed by atoms with van der Waals surface area (Å²) in [6.45, 7) is 6.15. The first-order valence-electron chi connectivity index (χ1n) is 6.28. The molecule has 0 fully saturated rings. The predicted octanol–water partition coefficient (Wildman–Crippen LogP) is 3.36. The lowest BCUT2D eigenvalue weighted by Gasteiger charge is -2.17. The predicted molar refractivity (Wildman–Crippen MR) is 73.6 cm³/mol. The second-order valence-electron chi connectivity index (χ2n) is 4.89. The van der Waals surface area contributed by atoms with Crippen LogP contribution >= 0.6 is 0 Å². The number of hydrogen-bond acceptors (Lipinski definition) is 3. The SMILES string of the molecule is CC(C)C(C)Oc1ccc2c(C(=O)O)cccc2n1. The number of hydrogen-bond donors (Lipinski definition) is 1. The van der Waals surface area contributed by atoms with Crippen molar-refractivity contribution < 1.29 is 14.6 Å². The topological polar surface area (TPSA) is 59.4 Å². The number of carbonyl (C=O) groups is 1.